The Kier molecular flexibility index (Phi) is 5.28. The van der Waals surface area contributed by atoms with Crippen LogP contribution in [-0.2, 0) is 0 Å². The summed E-state index contributed by atoms with van der Waals surface area (Å²) in [5, 5.41) is 2.95. The molecule has 1 rings (SSSR count). The van der Waals surface area contributed by atoms with Crippen LogP contribution in [0, 0.1) is 12.3 Å². The maximum atomic E-state index is 12.0. The Labute approximate surface area is 109 Å². The summed E-state index contributed by atoms with van der Waals surface area (Å²) in [6.45, 7) is 7.49. The molecular weight excluding hydrogens is 226 g/mol. The molecule has 1 heterocycles. The highest BCUT2D eigenvalue weighted by molar-refractivity contribution is 5.93. The molecule has 1 amide bonds. The van der Waals surface area contributed by atoms with Crippen LogP contribution in [-0.4, -0.2) is 24.0 Å². The highest BCUT2D eigenvalue weighted by Crippen LogP contribution is 2.20. The van der Waals surface area contributed by atoms with Gasteiger partial charge in [0.1, 0.15) is 5.69 Å². The van der Waals surface area contributed by atoms with Crippen molar-refractivity contribution in [2.75, 3.05) is 13.1 Å². The number of pyridine rings is 1. The van der Waals surface area contributed by atoms with Crippen molar-refractivity contribution in [2.45, 2.75) is 33.6 Å². The van der Waals surface area contributed by atoms with Gasteiger partial charge >= 0.3 is 0 Å². The molecule has 0 atom stereocenters. The first kappa shape index (κ1) is 14.6. The average molecular weight is 249 g/mol. The molecule has 0 saturated carbocycles. The van der Waals surface area contributed by atoms with Gasteiger partial charge in [0.15, 0.2) is 0 Å². The lowest BCUT2D eigenvalue weighted by atomic mass is 9.87. The maximum absolute atomic E-state index is 12.0. The SMILES string of the molecule is Cc1cccnc1C(=O)NCC(C)(C)CCCN. The van der Waals surface area contributed by atoms with Gasteiger partial charge in [-0.05, 0) is 43.4 Å². The number of nitrogens with one attached hydrogen (secondary N) is 1. The Hall–Kier alpha value is -1.42. The van der Waals surface area contributed by atoms with Crippen LogP contribution >= 0.6 is 0 Å². The van der Waals surface area contributed by atoms with E-state index >= 15 is 0 Å². The second-order valence-electron chi connectivity index (χ2n) is 5.41. The van der Waals surface area contributed by atoms with Crippen molar-refractivity contribution in [3.8, 4) is 0 Å². The van der Waals surface area contributed by atoms with Crippen molar-refractivity contribution in [3.05, 3.63) is 29.6 Å². The number of nitrogens with zero attached hydrogens (tertiary/aromatic N) is 1. The minimum Gasteiger partial charge on any atom is -0.350 e. The summed E-state index contributed by atoms with van der Waals surface area (Å²) in [6, 6.07) is 3.72. The van der Waals surface area contributed by atoms with Gasteiger partial charge in [-0.25, -0.2) is 0 Å². The van der Waals surface area contributed by atoms with Crippen molar-refractivity contribution in [2.24, 2.45) is 11.1 Å². The molecule has 4 heteroatoms. The zero-order valence-electron chi connectivity index (χ0n) is 11.5. The summed E-state index contributed by atoms with van der Waals surface area (Å²) in [4.78, 5) is 16.1. The van der Waals surface area contributed by atoms with Gasteiger partial charge in [0.2, 0.25) is 0 Å². The van der Waals surface area contributed by atoms with E-state index in [9.17, 15) is 4.79 Å². The molecule has 1 aromatic heterocycles. The van der Waals surface area contributed by atoms with Gasteiger partial charge in [-0.3, -0.25) is 9.78 Å². The number of amides is 1. The molecule has 4 nitrogen and oxygen atoms in total. The number of carbonyl (C=O) groups excluding carboxylic acids is 1. The fraction of sp³-hybridized carbons (Fsp3) is 0.571. The lowest BCUT2D eigenvalue weighted by Gasteiger charge is -2.24. The lowest BCUT2D eigenvalue weighted by Crippen LogP contribution is -2.35. The quantitative estimate of drug-likeness (QED) is 0.809. The summed E-state index contributed by atoms with van der Waals surface area (Å²) in [7, 11) is 0. The molecule has 0 spiro atoms. The number of rotatable bonds is 6. The van der Waals surface area contributed by atoms with Crippen LogP contribution in [0.5, 0.6) is 0 Å². The predicted octanol–water partition coefficient (Wildman–Crippen LogP) is 1.88. The van der Waals surface area contributed by atoms with E-state index < -0.39 is 0 Å². The van der Waals surface area contributed by atoms with Gasteiger partial charge in [-0.2, -0.15) is 0 Å². The van der Waals surface area contributed by atoms with E-state index in [1.54, 1.807) is 6.20 Å². The molecule has 3 N–H and O–H groups in total. The summed E-state index contributed by atoms with van der Waals surface area (Å²) in [5.74, 6) is -0.103. The lowest BCUT2D eigenvalue weighted by molar-refractivity contribution is 0.0928. The predicted molar refractivity (Wildman–Crippen MR) is 73.4 cm³/mol. The fourth-order valence-corrected chi connectivity index (χ4v) is 1.80. The first-order valence-corrected chi connectivity index (χ1v) is 6.36. The Morgan fingerprint density at radius 3 is 2.83 bits per heavy atom. The van der Waals surface area contributed by atoms with Gasteiger partial charge in [-0.1, -0.05) is 19.9 Å². The van der Waals surface area contributed by atoms with Crippen LogP contribution in [0.2, 0.25) is 0 Å². The number of hydrogen-bond donors (Lipinski definition) is 2. The molecule has 1 aromatic rings. The Balaban J connectivity index is 2.54. The Morgan fingerprint density at radius 2 is 2.22 bits per heavy atom. The molecule has 0 saturated heterocycles. The fourth-order valence-electron chi connectivity index (χ4n) is 1.80. The van der Waals surface area contributed by atoms with E-state index in [0.717, 1.165) is 18.4 Å². The van der Waals surface area contributed by atoms with Gasteiger partial charge < -0.3 is 11.1 Å². The summed E-state index contributed by atoms with van der Waals surface area (Å²) in [5.41, 5.74) is 6.98. The number of carbonyl (C=O) groups is 1. The first-order chi connectivity index (χ1) is 8.46. The number of nitrogens with two attached hydrogens (primary N) is 1. The van der Waals surface area contributed by atoms with E-state index in [2.05, 4.69) is 24.1 Å². The molecular formula is C14H23N3O. The minimum absolute atomic E-state index is 0.0672. The molecule has 0 aliphatic heterocycles. The summed E-state index contributed by atoms with van der Waals surface area (Å²) >= 11 is 0. The molecule has 0 bridgehead atoms. The van der Waals surface area contributed by atoms with Crippen molar-refractivity contribution < 1.29 is 4.79 Å². The van der Waals surface area contributed by atoms with Crippen LogP contribution in [0.1, 0.15) is 42.7 Å². The zero-order valence-corrected chi connectivity index (χ0v) is 11.5. The van der Waals surface area contributed by atoms with E-state index in [0.29, 0.717) is 18.8 Å². The second kappa shape index (κ2) is 6.50. The molecule has 0 aliphatic rings. The van der Waals surface area contributed by atoms with Crippen molar-refractivity contribution >= 4 is 5.91 Å². The van der Waals surface area contributed by atoms with Gasteiger partial charge in [-0.15, -0.1) is 0 Å². The average Bonchev–Trinajstić information content (AvgIpc) is 2.34. The van der Waals surface area contributed by atoms with Crippen molar-refractivity contribution in [3.63, 3.8) is 0 Å². The van der Waals surface area contributed by atoms with Crippen LogP contribution in [0.15, 0.2) is 18.3 Å². The van der Waals surface area contributed by atoms with E-state index in [-0.39, 0.29) is 11.3 Å². The highest BCUT2D eigenvalue weighted by atomic mass is 16.1. The molecule has 0 fully saturated rings. The number of aryl methyl sites for hydroxylation is 1. The Morgan fingerprint density at radius 1 is 1.50 bits per heavy atom. The summed E-state index contributed by atoms with van der Waals surface area (Å²) < 4.78 is 0. The van der Waals surface area contributed by atoms with Gasteiger partial charge in [0.25, 0.3) is 5.91 Å². The monoisotopic (exact) mass is 249 g/mol. The number of aromatic nitrogens is 1. The molecule has 0 unspecified atom stereocenters. The smallest absolute Gasteiger partial charge is 0.270 e. The normalized spacial score (nSPS) is 11.3. The molecule has 0 aliphatic carbocycles. The van der Waals surface area contributed by atoms with Crippen LogP contribution in [0.4, 0.5) is 0 Å². The van der Waals surface area contributed by atoms with E-state index in [1.165, 1.54) is 0 Å². The van der Waals surface area contributed by atoms with Gasteiger partial charge in [0, 0.05) is 12.7 Å². The first-order valence-electron chi connectivity index (χ1n) is 6.36. The molecule has 0 radical (unpaired) electrons. The van der Waals surface area contributed by atoms with E-state index in [1.807, 2.05) is 19.1 Å². The number of hydrogen-bond acceptors (Lipinski definition) is 3. The van der Waals surface area contributed by atoms with Crippen LogP contribution in [0.25, 0.3) is 0 Å². The standard InChI is InChI=1S/C14H23N3O/c1-11-6-4-9-16-12(11)13(18)17-10-14(2,3)7-5-8-15/h4,6,9H,5,7-8,10,15H2,1-3H3,(H,17,18). The van der Waals surface area contributed by atoms with Crippen LogP contribution < -0.4 is 11.1 Å². The minimum atomic E-state index is -0.103. The third kappa shape index (κ3) is 4.45. The summed E-state index contributed by atoms with van der Waals surface area (Å²) in [6.07, 6.45) is 3.62. The highest BCUT2D eigenvalue weighted by Gasteiger charge is 2.19. The third-order valence-electron chi connectivity index (χ3n) is 3.01. The Bertz CT molecular complexity index is 402. The second-order valence-corrected chi connectivity index (χ2v) is 5.41. The van der Waals surface area contributed by atoms with E-state index in [4.69, 9.17) is 5.73 Å². The van der Waals surface area contributed by atoms with Crippen molar-refractivity contribution in [1.29, 1.82) is 0 Å². The van der Waals surface area contributed by atoms with Crippen LogP contribution in [0.3, 0.4) is 0 Å². The van der Waals surface area contributed by atoms with Crippen molar-refractivity contribution in [1.82, 2.24) is 10.3 Å². The third-order valence-corrected chi connectivity index (χ3v) is 3.01. The molecule has 0 aromatic carbocycles. The largest absolute Gasteiger partial charge is 0.350 e. The molecule has 18 heavy (non-hydrogen) atoms. The molecule has 100 valence electrons. The topological polar surface area (TPSA) is 68.0 Å². The van der Waals surface area contributed by atoms with Gasteiger partial charge in [0.05, 0.1) is 0 Å². The maximum Gasteiger partial charge on any atom is 0.270 e. The zero-order chi connectivity index (χ0) is 13.6.